The standard InChI is InChI=1S/C12H16ClN5O/c1-8-14-9(6-10-16-17-11(19)18(8)10)15-12(7-13)4-2-3-5-12/h6,15H,2-5,7H2,1H3,(H,17,19). The summed E-state index contributed by atoms with van der Waals surface area (Å²) in [4.78, 5) is 16.0. The number of H-pyrrole nitrogens is 1. The molecule has 0 atom stereocenters. The molecule has 0 amide bonds. The Morgan fingerprint density at radius 3 is 2.95 bits per heavy atom. The molecule has 0 unspecified atom stereocenters. The number of aryl methyl sites for hydroxylation is 1. The predicted molar refractivity (Wildman–Crippen MR) is 73.9 cm³/mol. The maximum absolute atomic E-state index is 11.5. The number of nitrogens with one attached hydrogen (secondary N) is 2. The van der Waals surface area contributed by atoms with Gasteiger partial charge in [-0.3, -0.25) is 0 Å². The average molecular weight is 282 g/mol. The Labute approximate surface area is 115 Å². The second-order valence-corrected chi connectivity index (χ2v) is 5.42. The molecule has 7 heteroatoms. The van der Waals surface area contributed by atoms with E-state index in [1.807, 2.05) is 0 Å². The Morgan fingerprint density at radius 1 is 1.53 bits per heavy atom. The van der Waals surface area contributed by atoms with Crippen LogP contribution in [0.4, 0.5) is 5.82 Å². The molecule has 1 fully saturated rings. The molecule has 2 N–H and O–H groups in total. The summed E-state index contributed by atoms with van der Waals surface area (Å²) in [5.41, 5.74) is 0.234. The van der Waals surface area contributed by atoms with Crippen molar-refractivity contribution in [3.63, 3.8) is 0 Å². The van der Waals surface area contributed by atoms with Gasteiger partial charge in [0.2, 0.25) is 0 Å². The van der Waals surface area contributed by atoms with E-state index in [2.05, 4.69) is 20.5 Å². The van der Waals surface area contributed by atoms with Crippen LogP contribution in [0.5, 0.6) is 0 Å². The van der Waals surface area contributed by atoms with Gasteiger partial charge in [-0.2, -0.15) is 5.10 Å². The first-order valence-corrected chi connectivity index (χ1v) is 6.96. The minimum atomic E-state index is -0.264. The summed E-state index contributed by atoms with van der Waals surface area (Å²) in [7, 11) is 0. The first kappa shape index (κ1) is 12.5. The number of anilines is 1. The van der Waals surface area contributed by atoms with Crippen molar-refractivity contribution in [3.8, 4) is 0 Å². The lowest BCUT2D eigenvalue weighted by molar-refractivity contribution is 0.537. The van der Waals surface area contributed by atoms with Crippen LogP contribution >= 0.6 is 11.6 Å². The van der Waals surface area contributed by atoms with E-state index in [0.29, 0.717) is 17.4 Å². The highest BCUT2D eigenvalue weighted by atomic mass is 35.5. The van der Waals surface area contributed by atoms with Crippen LogP contribution < -0.4 is 11.0 Å². The van der Waals surface area contributed by atoms with E-state index in [-0.39, 0.29) is 11.2 Å². The zero-order chi connectivity index (χ0) is 13.5. The molecule has 0 bridgehead atoms. The molecular weight excluding hydrogens is 266 g/mol. The highest BCUT2D eigenvalue weighted by Crippen LogP contribution is 2.33. The Kier molecular flexibility index (Phi) is 2.97. The minimum absolute atomic E-state index is 0.0735. The lowest BCUT2D eigenvalue weighted by Crippen LogP contribution is -2.37. The molecule has 2 aromatic rings. The molecule has 0 aromatic carbocycles. The lowest BCUT2D eigenvalue weighted by Gasteiger charge is -2.28. The van der Waals surface area contributed by atoms with Crippen molar-refractivity contribution in [2.24, 2.45) is 0 Å². The fourth-order valence-corrected chi connectivity index (χ4v) is 3.11. The third-order valence-electron chi connectivity index (χ3n) is 3.78. The van der Waals surface area contributed by atoms with Gasteiger partial charge in [0.1, 0.15) is 11.6 Å². The van der Waals surface area contributed by atoms with Crippen LogP contribution in [0, 0.1) is 6.92 Å². The Balaban J connectivity index is 1.99. The second kappa shape index (κ2) is 4.52. The average Bonchev–Trinajstić information content (AvgIpc) is 2.98. The summed E-state index contributed by atoms with van der Waals surface area (Å²) in [5.74, 6) is 1.90. The van der Waals surface area contributed by atoms with Crippen molar-refractivity contribution >= 4 is 23.1 Å². The molecule has 6 nitrogen and oxygen atoms in total. The number of aromatic nitrogens is 4. The van der Waals surface area contributed by atoms with Crippen molar-refractivity contribution in [1.82, 2.24) is 19.6 Å². The number of halogens is 1. The maximum atomic E-state index is 11.5. The van der Waals surface area contributed by atoms with Gasteiger partial charge in [-0.1, -0.05) is 12.8 Å². The Morgan fingerprint density at radius 2 is 2.26 bits per heavy atom. The van der Waals surface area contributed by atoms with Crippen LogP contribution in [0.3, 0.4) is 0 Å². The third-order valence-corrected chi connectivity index (χ3v) is 4.29. The maximum Gasteiger partial charge on any atom is 0.349 e. The summed E-state index contributed by atoms with van der Waals surface area (Å²) in [6, 6.07) is 1.78. The zero-order valence-corrected chi connectivity index (χ0v) is 11.5. The highest BCUT2D eigenvalue weighted by molar-refractivity contribution is 6.18. The largest absolute Gasteiger partial charge is 0.363 e. The first-order chi connectivity index (χ1) is 9.13. The molecule has 2 heterocycles. The van der Waals surface area contributed by atoms with E-state index in [4.69, 9.17) is 11.6 Å². The van der Waals surface area contributed by atoms with Crippen LogP contribution in [-0.4, -0.2) is 31.0 Å². The van der Waals surface area contributed by atoms with Gasteiger partial charge < -0.3 is 5.32 Å². The van der Waals surface area contributed by atoms with Crippen LogP contribution in [-0.2, 0) is 0 Å². The van der Waals surface area contributed by atoms with Crippen LogP contribution in [0.1, 0.15) is 31.5 Å². The van der Waals surface area contributed by atoms with E-state index in [1.54, 1.807) is 13.0 Å². The summed E-state index contributed by atoms with van der Waals surface area (Å²) >= 11 is 6.11. The molecule has 0 saturated heterocycles. The second-order valence-electron chi connectivity index (χ2n) is 5.16. The van der Waals surface area contributed by atoms with Gasteiger partial charge >= 0.3 is 5.69 Å². The van der Waals surface area contributed by atoms with E-state index in [1.165, 1.54) is 17.2 Å². The quantitative estimate of drug-likeness (QED) is 0.840. The number of fused-ring (bicyclic) bond motifs is 1. The molecule has 102 valence electrons. The van der Waals surface area contributed by atoms with Crippen molar-refractivity contribution < 1.29 is 0 Å². The van der Waals surface area contributed by atoms with Gasteiger partial charge in [-0.15, -0.1) is 11.6 Å². The molecule has 1 saturated carbocycles. The molecule has 2 aromatic heterocycles. The number of hydrogen-bond donors (Lipinski definition) is 2. The van der Waals surface area contributed by atoms with Gasteiger partial charge in [0.15, 0.2) is 5.65 Å². The molecule has 3 rings (SSSR count). The summed E-state index contributed by atoms with van der Waals surface area (Å²) in [5, 5.41) is 9.83. The van der Waals surface area contributed by atoms with Crippen LogP contribution in [0.2, 0.25) is 0 Å². The molecule has 0 radical (unpaired) electrons. The third kappa shape index (κ3) is 2.10. The van der Waals surface area contributed by atoms with Crippen molar-refractivity contribution in [1.29, 1.82) is 0 Å². The summed E-state index contributed by atoms with van der Waals surface area (Å²) < 4.78 is 1.45. The number of nitrogens with zero attached hydrogens (tertiary/aromatic N) is 3. The monoisotopic (exact) mass is 281 g/mol. The fourth-order valence-electron chi connectivity index (χ4n) is 2.78. The van der Waals surface area contributed by atoms with Crippen molar-refractivity contribution in [3.05, 3.63) is 22.4 Å². The fraction of sp³-hybridized carbons (Fsp3) is 0.583. The highest BCUT2D eigenvalue weighted by Gasteiger charge is 2.33. The number of alkyl halides is 1. The minimum Gasteiger partial charge on any atom is -0.363 e. The van der Waals surface area contributed by atoms with Gasteiger partial charge in [0, 0.05) is 11.9 Å². The molecule has 1 aliphatic rings. The van der Waals surface area contributed by atoms with E-state index in [9.17, 15) is 4.79 Å². The number of hydrogen-bond acceptors (Lipinski definition) is 4. The van der Waals surface area contributed by atoms with Gasteiger partial charge in [-0.05, 0) is 19.8 Å². The van der Waals surface area contributed by atoms with E-state index < -0.39 is 0 Å². The molecular formula is C12H16ClN5O. The summed E-state index contributed by atoms with van der Waals surface area (Å²) in [6.07, 6.45) is 4.47. The normalized spacial score (nSPS) is 18.0. The number of aromatic amines is 1. The van der Waals surface area contributed by atoms with E-state index >= 15 is 0 Å². The van der Waals surface area contributed by atoms with Crippen molar-refractivity contribution in [2.45, 2.75) is 38.1 Å². The SMILES string of the molecule is Cc1nc(NC2(CCl)CCCC2)cc2n[nH]c(=O)n12. The smallest absolute Gasteiger partial charge is 0.349 e. The van der Waals surface area contributed by atoms with Gasteiger partial charge in [-0.25, -0.2) is 19.3 Å². The van der Waals surface area contributed by atoms with Gasteiger partial charge in [0.05, 0.1) is 5.54 Å². The lowest BCUT2D eigenvalue weighted by atomic mass is 10.0. The molecule has 1 aliphatic carbocycles. The molecule has 0 aliphatic heterocycles. The van der Waals surface area contributed by atoms with Crippen molar-refractivity contribution in [2.75, 3.05) is 11.2 Å². The number of rotatable bonds is 3. The predicted octanol–water partition coefficient (Wildman–Crippen LogP) is 1.69. The Bertz CT molecular complexity index is 656. The molecule has 19 heavy (non-hydrogen) atoms. The zero-order valence-electron chi connectivity index (χ0n) is 10.7. The van der Waals surface area contributed by atoms with E-state index in [0.717, 1.165) is 18.7 Å². The first-order valence-electron chi connectivity index (χ1n) is 6.42. The van der Waals surface area contributed by atoms with Crippen LogP contribution in [0.15, 0.2) is 10.9 Å². The molecule has 0 spiro atoms. The van der Waals surface area contributed by atoms with Gasteiger partial charge in [0.25, 0.3) is 0 Å². The summed E-state index contributed by atoms with van der Waals surface area (Å²) in [6.45, 7) is 1.79. The van der Waals surface area contributed by atoms with Crippen LogP contribution in [0.25, 0.3) is 5.65 Å². The topological polar surface area (TPSA) is 75.1 Å². The Hall–Kier alpha value is -1.56.